The van der Waals surface area contributed by atoms with Crippen LogP contribution in [0.4, 0.5) is 0 Å². The highest BCUT2D eigenvalue weighted by atomic mass is 16.4. The number of likely N-dealkylation sites (N-methyl/N-ethyl adjacent to an activating group) is 1. The van der Waals surface area contributed by atoms with Crippen LogP contribution in [0.2, 0.25) is 0 Å². The van der Waals surface area contributed by atoms with Crippen LogP contribution in [0.25, 0.3) is 0 Å². The van der Waals surface area contributed by atoms with Crippen molar-refractivity contribution in [3.05, 3.63) is 35.4 Å². The number of nitrogens with zero attached hydrogens (tertiary/aromatic N) is 2. The molecule has 0 saturated heterocycles. The van der Waals surface area contributed by atoms with Crippen molar-refractivity contribution in [1.29, 1.82) is 0 Å². The second-order valence-electron chi connectivity index (χ2n) is 5.13. The lowest BCUT2D eigenvalue weighted by molar-refractivity contribution is -0.862. The summed E-state index contributed by atoms with van der Waals surface area (Å²) in [5.41, 5.74) is 2.97. The Balaban J connectivity index is 2.68. The summed E-state index contributed by atoms with van der Waals surface area (Å²) in [7, 11) is 5.68. The second kappa shape index (κ2) is 6.10. The highest BCUT2D eigenvalue weighted by Gasteiger charge is 2.13. The summed E-state index contributed by atoms with van der Waals surface area (Å²) in [6.07, 6.45) is 1.33. The Hall–Kier alpha value is -2.21. The first kappa shape index (κ1) is 14.8. The maximum Gasteiger partial charge on any atom is 0.336 e. The largest absolute Gasteiger partial charge is 0.478 e. The molecule has 6 heteroatoms. The van der Waals surface area contributed by atoms with Crippen LogP contribution < -0.4 is 5.43 Å². The van der Waals surface area contributed by atoms with Gasteiger partial charge in [-0.05, 0) is 6.07 Å². The Morgan fingerprint density at radius 2 is 1.95 bits per heavy atom. The summed E-state index contributed by atoms with van der Waals surface area (Å²) in [6.45, 7) is 0.290. The molecule has 0 aliphatic carbocycles. The van der Waals surface area contributed by atoms with Gasteiger partial charge in [-0.3, -0.25) is 4.79 Å². The van der Waals surface area contributed by atoms with Crippen molar-refractivity contribution < 1.29 is 19.2 Å². The minimum absolute atomic E-state index is 0.145. The zero-order valence-corrected chi connectivity index (χ0v) is 11.3. The molecule has 1 amide bonds. The molecule has 1 aromatic carbocycles. The smallest absolute Gasteiger partial charge is 0.336 e. The van der Waals surface area contributed by atoms with Crippen molar-refractivity contribution >= 4 is 18.1 Å². The number of carbonyl (C=O) groups excluding carboxylic acids is 1. The molecule has 0 aliphatic rings. The van der Waals surface area contributed by atoms with Gasteiger partial charge in [-0.1, -0.05) is 18.2 Å². The zero-order chi connectivity index (χ0) is 14.5. The molecule has 1 rings (SSSR count). The minimum Gasteiger partial charge on any atom is -0.478 e. The van der Waals surface area contributed by atoms with Crippen molar-refractivity contribution in [2.24, 2.45) is 5.10 Å². The summed E-state index contributed by atoms with van der Waals surface area (Å²) in [4.78, 5) is 22.5. The van der Waals surface area contributed by atoms with Crippen molar-refractivity contribution in [2.45, 2.75) is 0 Å². The Labute approximate surface area is 111 Å². The number of quaternary nitrogens is 1. The maximum absolute atomic E-state index is 11.5. The molecule has 0 saturated carbocycles. The number of hydrogen-bond acceptors (Lipinski definition) is 3. The highest BCUT2D eigenvalue weighted by Crippen LogP contribution is 2.05. The number of carbonyl (C=O) groups is 2. The molecule has 0 bridgehead atoms. The standard InChI is InChI=1S/C13H17N3O3/c1-16(2,3)9-12(17)15-14-8-10-6-4-5-7-11(10)13(18)19/h4-8H,9H2,1-3H3,(H-,15,17,18,19)/p+1/b14-8-. The first-order valence-corrected chi connectivity index (χ1v) is 5.74. The molecule has 1 aromatic rings. The molecule has 6 nitrogen and oxygen atoms in total. The quantitative estimate of drug-likeness (QED) is 0.463. The third-order valence-corrected chi connectivity index (χ3v) is 2.20. The Morgan fingerprint density at radius 1 is 1.32 bits per heavy atom. The van der Waals surface area contributed by atoms with Crippen molar-refractivity contribution in [3.63, 3.8) is 0 Å². The molecule has 0 heterocycles. The van der Waals surface area contributed by atoms with Crippen LogP contribution in [-0.4, -0.2) is 55.4 Å². The van der Waals surface area contributed by atoms with E-state index in [1.54, 1.807) is 18.2 Å². The van der Waals surface area contributed by atoms with Gasteiger partial charge in [0.15, 0.2) is 6.54 Å². The van der Waals surface area contributed by atoms with Gasteiger partial charge in [-0.15, -0.1) is 0 Å². The van der Waals surface area contributed by atoms with Crippen LogP contribution >= 0.6 is 0 Å². The number of hydrazone groups is 1. The molecule has 2 N–H and O–H groups in total. The van der Waals surface area contributed by atoms with E-state index in [1.165, 1.54) is 12.3 Å². The van der Waals surface area contributed by atoms with Gasteiger partial charge < -0.3 is 9.59 Å². The average molecular weight is 264 g/mol. The number of carboxylic acids is 1. The van der Waals surface area contributed by atoms with Crippen LogP contribution in [0.15, 0.2) is 29.4 Å². The van der Waals surface area contributed by atoms with E-state index in [4.69, 9.17) is 5.11 Å². The fourth-order valence-corrected chi connectivity index (χ4v) is 1.44. The van der Waals surface area contributed by atoms with Gasteiger partial charge in [0.05, 0.1) is 32.9 Å². The van der Waals surface area contributed by atoms with Crippen LogP contribution in [-0.2, 0) is 4.79 Å². The number of amides is 1. The summed E-state index contributed by atoms with van der Waals surface area (Å²) in [6, 6.07) is 6.45. The van der Waals surface area contributed by atoms with E-state index in [-0.39, 0.29) is 18.0 Å². The number of rotatable bonds is 5. The van der Waals surface area contributed by atoms with Gasteiger partial charge in [0.25, 0.3) is 5.91 Å². The molecular weight excluding hydrogens is 246 g/mol. The van der Waals surface area contributed by atoms with Gasteiger partial charge in [0, 0.05) is 5.56 Å². The van der Waals surface area contributed by atoms with E-state index in [2.05, 4.69) is 10.5 Å². The second-order valence-corrected chi connectivity index (χ2v) is 5.13. The SMILES string of the molecule is C[N+](C)(C)CC(=O)N/N=C\c1ccccc1C(=O)O. The van der Waals surface area contributed by atoms with Crippen LogP contribution in [0.3, 0.4) is 0 Å². The fraction of sp³-hybridized carbons (Fsp3) is 0.308. The highest BCUT2D eigenvalue weighted by molar-refractivity contribution is 5.98. The molecular formula is C13H18N3O3+. The Kier molecular flexibility index (Phi) is 4.77. The van der Waals surface area contributed by atoms with E-state index in [9.17, 15) is 9.59 Å². The number of benzene rings is 1. The first-order chi connectivity index (χ1) is 8.79. The average Bonchev–Trinajstić information content (AvgIpc) is 2.27. The molecule has 102 valence electrons. The van der Waals surface area contributed by atoms with Crippen molar-refractivity contribution in [1.82, 2.24) is 5.43 Å². The minimum atomic E-state index is -1.03. The molecule has 0 unspecified atom stereocenters. The lowest BCUT2D eigenvalue weighted by Crippen LogP contribution is -2.43. The van der Waals surface area contributed by atoms with Crippen molar-refractivity contribution in [3.8, 4) is 0 Å². The third kappa shape index (κ3) is 5.31. The van der Waals surface area contributed by atoms with Gasteiger partial charge in [-0.25, -0.2) is 10.2 Å². The Morgan fingerprint density at radius 3 is 2.53 bits per heavy atom. The first-order valence-electron chi connectivity index (χ1n) is 5.74. The monoisotopic (exact) mass is 264 g/mol. The number of aromatic carboxylic acids is 1. The number of nitrogens with one attached hydrogen (secondary N) is 1. The third-order valence-electron chi connectivity index (χ3n) is 2.20. The van der Waals surface area contributed by atoms with Gasteiger partial charge in [0.2, 0.25) is 0 Å². The fourth-order valence-electron chi connectivity index (χ4n) is 1.44. The molecule has 0 spiro atoms. The predicted molar refractivity (Wildman–Crippen MR) is 72.0 cm³/mol. The van der Waals surface area contributed by atoms with Crippen LogP contribution in [0.1, 0.15) is 15.9 Å². The Bertz CT molecular complexity index is 504. The van der Waals surface area contributed by atoms with E-state index >= 15 is 0 Å². The van der Waals surface area contributed by atoms with Crippen LogP contribution in [0.5, 0.6) is 0 Å². The van der Waals surface area contributed by atoms with Crippen LogP contribution in [0, 0.1) is 0 Å². The lowest BCUT2D eigenvalue weighted by atomic mass is 10.1. The molecule has 0 aromatic heterocycles. The van der Waals surface area contributed by atoms with Gasteiger partial charge >= 0.3 is 5.97 Å². The lowest BCUT2D eigenvalue weighted by Gasteiger charge is -2.21. The molecule has 0 fully saturated rings. The van der Waals surface area contributed by atoms with Crippen molar-refractivity contribution in [2.75, 3.05) is 27.7 Å². The van der Waals surface area contributed by atoms with E-state index < -0.39 is 5.97 Å². The van der Waals surface area contributed by atoms with E-state index in [0.29, 0.717) is 10.0 Å². The maximum atomic E-state index is 11.5. The normalized spacial score (nSPS) is 11.5. The molecule has 0 aliphatic heterocycles. The zero-order valence-electron chi connectivity index (χ0n) is 11.3. The molecule has 0 radical (unpaired) electrons. The molecule has 0 atom stereocenters. The number of carboxylic acid groups (broad SMARTS) is 1. The summed E-state index contributed by atoms with van der Waals surface area (Å²) < 4.78 is 0.493. The summed E-state index contributed by atoms with van der Waals surface area (Å²) >= 11 is 0. The summed E-state index contributed by atoms with van der Waals surface area (Å²) in [5, 5.41) is 12.7. The van der Waals surface area contributed by atoms with Gasteiger partial charge in [-0.2, -0.15) is 5.10 Å². The predicted octanol–water partition coefficient (Wildman–Crippen LogP) is 0.541. The van der Waals surface area contributed by atoms with E-state index in [1.807, 2.05) is 21.1 Å². The van der Waals surface area contributed by atoms with E-state index in [0.717, 1.165) is 0 Å². The molecule has 19 heavy (non-hydrogen) atoms. The van der Waals surface area contributed by atoms with Gasteiger partial charge in [0.1, 0.15) is 0 Å². The number of hydrogen-bond donors (Lipinski definition) is 2. The topological polar surface area (TPSA) is 78.8 Å². The summed E-state index contributed by atoms with van der Waals surface area (Å²) in [5.74, 6) is -1.25.